The molecule has 0 saturated carbocycles. The number of hydrogen-bond acceptors (Lipinski definition) is 2. The third kappa shape index (κ3) is 2.63. The van der Waals surface area contributed by atoms with Crippen molar-refractivity contribution in [3.8, 4) is 16.9 Å². The third-order valence-electron chi connectivity index (χ3n) is 4.51. The lowest BCUT2D eigenvalue weighted by atomic mass is 9.93. The van der Waals surface area contributed by atoms with Gasteiger partial charge in [0, 0.05) is 17.3 Å². The van der Waals surface area contributed by atoms with Gasteiger partial charge in [-0.15, -0.1) is 0 Å². The highest BCUT2D eigenvalue weighted by Gasteiger charge is 2.15. The molecule has 0 aliphatic rings. The molecule has 3 aromatic rings. The maximum absolute atomic E-state index is 11.6. The van der Waals surface area contributed by atoms with Crippen LogP contribution in [-0.4, -0.2) is 17.8 Å². The maximum atomic E-state index is 11.6. The van der Waals surface area contributed by atoms with Crippen LogP contribution >= 0.6 is 0 Å². The van der Waals surface area contributed by atoms with E-state index in [4.69, 9.17) is 4.74 Å². The summed E-state index contributed by atoms with van der Waals surface area (Å²) in [6, 6.07) is 14.1. The Labute approximate surface area is 136 Å². The van der Waals surface area contributed by atoms with Gasteiger partial charge < -0.3 is 9.14 Å². The Morgan fingerprint density at radius 3 is 2.74 bits per heavy atom. The standard InChI is InChI=1S/C20H21NO2/c1-4-14(2)17-11-15(8-9-20(17)23-3)18-12-16-7-5-6-10-21(16)19(18)13-22/h5-14H,4H2,1-3H3. The van der Waals surface area contributed by atoms with Crippen molar-refractivity contribution >= 4 is 11.8 Å². The molecule has 0 aliphatic heterocycles. The summed E-state index contributed by atoms with van der Waals surface area (Å²) in [5, 5.41) is 0. The van der Waals surface area contributed by atoms with Crippen LogP contribution in [0.4, 0.5) is 0 Å². The zero-order chi connectivity index (χ0) is 16.4. The second-order valence-corrected chi connectivity index (χ2v) is 5.82. The first kappa shape index (κ1) is 15.3. The highest BCUT2D eigenvalue weighted by Crippen LogP contribution is 2.35. The van der Waals surface area contributed by atoms with Crippen molar-refractivity contribution in [2.75, 3.05) is 7.11 Å². The summed E-state index contributed by atoms with van der Waals surface area (Å²) in [5.74, 6) is 1.31. The first-order chi connectivity index (χ1) is 11.2. The molecule has 3 nitrogen and oxygen atoms in total. The van der Waals surface area contributed by atoms with Crippen molar-refractivity contribution in [3.63, 3.8) is 0 Å². The van der Waals surface area contributed by atoms with Crippen molar-refractivity contribution in [3.05, 3.63) is 59.9 Å². The molecule has 1 atom stereocenters. The molecule has 2 heterocycles. The van der Waals surface area contributed by atoms with Crippen LogP contribution in [-0.2, 0) is 0 Å². The minimum absolute atomic E-state index is 0.404. The Hall–Kier alpha value is -2.55. The monoisotopic (exact) mass is 307 g/mol. The van der Waals surface area contributed by atoms with Crippen LogP contribution in [0, 0.1) is 0 Å². The molecule has 0 saturated heterocycles. The van der Waals surface area contributed by atoms with Gasteiger partial charge in [-0.1, -0.05) is 26.0 Å². The normalized spacial score (nSPS) is 12.3. The number of carbonyl (C=O) groups is 1. The summed E-state index contributed by atoms with van der Waals surface area (Å²) in [6.07, 6.45) is 3.88. The van der Waals surface area contributed by atoms with Crippen LogP contribution in [0.25, 0.3) is 16.6 Å². The molecule has 0 fully saturated rings. The van der Waals surface area contributed by atoms with Crippen molar-refractivity contribution < 1.29 is 9.53 Å². The number of pyridine rings is 1. The second-order valence-electron chi connectivity index (χ2n) is 5.82. The lowest BCUT2D eigenvalue weighted by Gasteiger charge is -2.15. The fourth-order valence-corrected chi connectivity index (χ4v) is 3.00. The summed E-state index contributed by atoms with van der Waals surface area (Å²) in [7, 11) is 1.70. The number of ether oxygens (including phenoxy) is 1. The van der Waals surface area contributed by atoms with Gasteiger partial charge in [0.25, 0.3) is 0 Å². The molecule has 0 amide bonds. The van der Waals surface area contributed by atoms with Crippen LogP contribution in [0.3, 0.4) is 0 Å². The molecule has 3 heteroatoms. The average molecular weight is 307 g/mol. The molecule has 1 unspecified atom stereocenters. The molecule has 23 heavy (non-hydrogen) atoms. The quantitative estimate of drug-likeness (QED) is 0.625. The van der Waals surface area contributed by atoms with Crippen molar-refractivity contribution in [2.45, 2.75) is 26.2 Å². The lowest BCUT2D eigenvalue weighted by Crippen LogP contribution is -1.98. The number of nitrogens with zero attached hydrogens (tertiary/aromatic N) is 1. The number of aromatic nitrogens is 1. The maximum Gasteiger partial charge on any atom is 0.167 e. The highest BCUT2D eigenvalue weighted by atomic mass is 16.5. The smallest absolute Gasteiger partial charge is 0.167 e. The van der Waals surface area contributed by atoms with Gasteiger partial charge in [-0.3, -0.25) is 4.79 Å². The first-order valence-electron chi connectivity index (χ1n) is 7.93. The van der Waals surface area contributed by atoms with E-state index in [0.29, 0.717) is 11.6 Å². The summed E-state index contributed by atoms with van der Waals surface area (Å²) in [4.78, 5) is 11.6. The number of carbonyl (C=O) groups excluding carboxylic acids is 1. The van der Waals surface area contributed by atoms with E-state index in [9.17, 15) is 4.79 Å². The largest absolute Gasteiger partial charge is 0.496 e. The molecule has 0 aliphatic carbocycles. The second kappa shape index (κ2) is 6.29. The topological polar surface area (TPSA) is 30.7 Å². The van der Waals surface area contributed by atoms with Crippen molar-refractivity contribution in [1.82, 2.24) is 4.40 Å². The van der Waals surface area contributed by atoms with Gasteiger partial charge in [0.1, 0.15) is 5.75 Å². The van der Waals surface area contributed by atoms with E-state index in [2.05, 4.69) is 26.0 Å². The van der Waals surface area contributed by atoms with Crippen LogP contribution in [0.15, 0.2) is 48.7 Å². The molecule has 3 rings (SSSR count). The Morgan fingerprint density at radius 1 is 1.22 bits per heavy atom. The Morgan fingerprint density at radius 2 is 2.04 bits per heavy atom. The highest BCUT2D eigenvalue weighted by molar-refractivity contribution is 5.90. The summed E-state index contributed by atoms with van der Waals surface area (Å²) in [6.45, 7) is 4.36. The summed E-state index contributed by atoms with van der Waals surface area (Å²) >= 11 is 0. The predicted molar refractivity (Wildman–Crippen MR) is 93.5 cm³/mol. The minimum atomic E-state index is 0.404. The number of hydrogen-bond donors (Lipinski definition) is 0. The third-order valence-corrected chi connectivity index (χ3v) is 4.51. The van der Waals surface area contributed by atoms with E-state index >= 15 is 0 Å². The average Bonchev–Trinajstić information content (AvgIpc) is 2.99. The number of fused-ring (bicyclic) bond motifs is 1. The molecule has 1 aromatic carbocycles. The molecule has 0 radical (unpaired) electrons. The molecular formula is C20H21NO2. The SMILES string of the molecule is CCC(C)c1cc(-c2cc3ccccn3c2C=O)ccc1OC. The number of rotatable bonds is 5. The van der Waals surface area contributed by atoms with E-state index in [1.165, 1.54) is 5.56 Å². The lowest BCUT2D eigenvalue weighted by molar-refractivity contribution is 0.111. The fraction of sp³-hybridized carbons (Fsp3) is 0.250. The zero-order valence-electron chi connectivity index (χ0n) is 13.7. The minimum Gasteiger partial charge on any atom is -0.496 e. The van der Waals surface area contributed by atoms with Gasteiger partial charge in [-0.25, -0.2) is 0 Å². The zero-order valence-corrected chi connectivity index (χ0v) is 13.7. The molecular weight excluding hydrogens is 286 g/mol. The number of benzene rings is 1. The van der Waals surface area contributed by atoms with Gasteiger partial charge in [0.15, 0.2) is 6.29 Å². The van der Waals surface area contributed by atoms with Crippen LogP contribution < -0.4 is 4.74 Å². The van der Waals surface area contributed by atoms with Crippen LogP contribution in [0.2, 0.25) is 0 Å². The Bertz CT molecular complexity index is 848. The predicted octanol–water partition coefficient (Wildman–Crippen LogP) is 4.94. The van der Waals surface area contributed by atoms with E-state index in [-0.39, 0.29) is 0 Å². The van der Waals surface area contributed by atoms with E-state index in [1.54, 1.807) is 7.11 Å². The Kier molecular flexibility index (Phi) is 4.20. The summed E-state index contributed by atoms with van der Waals surface area (Å²) < 4.78 is 7.43. The van der Waals surface area contributed by atoms with Gasteiger partial charge >= 0.3 is 0 Å². The molecule has 118 valence electrons. The van der Waals surface area contributed by atoms with Crippen LogP contribution in [0.5, 0.6) is 5.75 Å². The summed E-state index contributed by atoms with van der Waals surface area (Å²) in [5.41, 5.74) is 4.89. The Balaban J connectivity index is 2.21. The number of methoxy groups -OCH3 is 1. The van der Waals surface area contributed by atoms with Gasteiger partial charge in [0.05, 0.1) is 12.8 Å². The fourth-order valence-electron chi connectivity index (χ4n) is 3.00. The molecule has 0 N–H and O–H groups in total. The first-order valence-corrected chi connectivity index (χ1v) is 7.93. The molecule has 2 aromatic heterocycles. The van der Waals surface area contributed by atoms with E-state index in [1.807, 2.05) is 40.9 Å². The molecule has 0 spiro atoms. The number of aldehydes is 1. The van der Waals surface area contributed by atoms with Gasteiger partial charge in [0.2, 0.25) is 0 Å². The van der Waals surface area contributed by atoms with Gasteiger partial charge in [-0.05, 0) is 53.8 Å². The van der Waals surface area contributed by atoms with Crippen molar-refractivity contribution in [1.29, 1.82) is 0 Å². The van der Waals surface area contributed by atoms with Crippen molar-refractivity contribution in [2.24, 2.45) is 0 Å². The molecule has 0 bridgehead atoms. The van der Waals surface area contributed by atoms with Gasteiger partial charge in [-0.2, -0.15) is 0 Å². The van der Waals surface area contributed by atoms with E-state index in [0.717, 1.165) is 35.1 Å². The van der Waals surface area contributed by atoms with Crippen LogP contribution in [0.1, 0.15) is 42.2 Å². The van der Waals surface area contributed by atoms with E-state index < -0.39 is 0 Å².